The number of guanidine groups is 1. The fourth-order valence-corrected chi connectivity index (χ4v) is 3.14. The van der Waals surface area contributed by atoms with Crippen LogP contribution in [-0.2, 0) is 17.9 Å². The number of halogens is 2. The molecule has 0 aliphatic rings. The predicted molar refractivity (Wildman–Crippen MR) is 111 cm³/mol. The normalized spacial score (nSPS) is 12.7. The summed E-state index contributed by atoms with van der Waals surface area (Å²) in [6, 6.07) is 13.1. The molecule has 146 valence electrons. The highest BCUT2D eigenvalue weighted by Gasteiger charge is 2.11. The number of aliphatic hydroxyl groups excluding tert-OH is 1. The molecule has 0 spiro atoms. The van der Waals surface area contributed by atoms with E-state index in [9.17, 15) is 5.11 Å². The Bertz CT molecular complexity index is 748. The lowest BCUT2D eigenvalue weighted by Gasteiger charge is -2.16. The van der Waals surface area contributed by atoms with Crippen molar-refractivity contribution >= 4 is 29.2 Å². The highest BCUT2D eigenvalue weighted by Crippen LogP contribution is 2.23. The van der Waals surface area contributed by atoms with Crippen LogP contribution in [-0.4, -0.2) is 31.3 Å². The number of ether oxygens (including phenoxy) is 1. The van der Waals surface area contributed by atoms with Crippen LogP contribution in [0.4, 0.5) is 0 Å². The Hall–Kier alpha value is -1.79. The second kappa shape index (κ2) is 11.1. The second-order valence-electron chi connectivity index (χ2n) is 6.00. The largest absolute Gasteiger partial charge is 0.387 e. The Labute approximate surface area is 170 Å². The van der Waals surface area contributed by atoms with Crippen molar-refractivity contribution in [3.63, 3.8) is 0 Å². The first-order valence-electron chi connectivity index (χ1n) is 8.75. The van der Waals surface area contributed by atoms with Gasteiger partial charge in [0.15, 0.2) is 5.96 Å². The zero-order valence-electron chi connectivity index (χ0n) is 15.5. The lowest BCUT2D eigenvalue weighted by atomic mass is 10.1. The summed E-state index contributed by atoms with van der Waals surface area (Å²) in [4.78, 5) is 4.60. The molecule has 0 radical (unpaired) electrons. The fraction of sp³-hybridized carbons (Fsp3) is 0.350. The summed E-state index contributed by atoms with van der Waals surface area (Å²) in [6.07, 6.45) is -0.758. The topological polar surface area (TPSA) is 65.9 Å². The highest BCUT2D eigenvalue weighted by atomic mass is 35.5. The van der Waals surface area contributed by atoms with Crippen molar-refractivity contribution in [2.45, 2.75) is 26.2 Å². The molecular formula is C20H25Cl2N3O2. The summed E-state index contributed by atoms with van der Waals surface area (Å²) in [7, 11) is 1.68. The molecule has 0 aromatic heterocycles. The van der Waals surface area contributed by atoms with E-state index >= 15 is 0 Å². The summed E-state index contributed by atoms with van der Waals surface area (Å²) >= 11 is 12.0. The van der Waals surface area contributed by atoms with Gasteiger partial charge in [-0.1, -0.05) is 47.5 Å². The van der Waals surface area contributed by atoms with Crippen molar-refractivity contribution in [3.05, 3.63) is 69.2 Å². The molecular weight excluding hydrogens is 385 g/mol. The van der Waals surface area contributed by atoms with E-state index in [1.807, 2.05) is 31.2 Å². The molecule has 7 heteroatoms. The summed E-state index contributed by atoms with van der Waals surface area (Å²) in [6.45, 7) is 4.04. The SMILES string of the molecule is CCNC(=NCc1ccccc1COC)NCC(O)c1cc(Cl)cc(Cl)c1. The molecule has 0 bridgehead atoms. The van der Waals surface area contributed by atoms with Crippen molar-refractivity contribution in [1.29, 1.82) is 0 Å². The van der Waals surface area contributed by atoms with E-state index < -0.39 is 6.10 Å². The van der Waals surface area contributed by atoms with Crippen LogP contribution in [0.1, 0.15) is 29.7 Å². The molecule has 2 aromatic carbocycles. The molecule has 1 atom stereocenters. The Morgan fingerprint density at radius 1 is 1.11 bits per heavy atom. The van der Waals surface area contributed by atoms with Gasteiger partial charge in [-0.2, -0.15) is 0 Å². The van der Waals surface area contributed by atoms with Gasteiger partial charge in [0.1, 0.15) is 0 Å². The first-order valence-corrected chi connectivity index (χ1v) is 9.51. The number of hydrogen-bond acceptors (Lipinski definition) is 3. The van der Waals surface area contributed by atoms with Crippen LogP contribution in [0.5, 0.6) is 0 Å². The second-order valence-corrected chi connectivity index (χ2v) is 6.87. The maximum absolute atomic E-state index is 10.4. The Kier molecular flexibility index (Phi) is 8.88. The van der Waals surface area contributed by atoms with Gasteiger partial charge in [-0.3, -0.25) is 0 Å². The molecule has 0 aliphatic carbocycles. The van der Waals surface area contributed by atoms with Crippen molar-refractivity contribution in [3.8, 4) is 0 Å². The Morgan fingerprint density at radius 2 is 1.78 bits per heavy atom. The van der Waals surface area contributed by atoms with E-state index in [-0.39, 0.29) is 6.54 Å². The molecule has 2 rings (SSSR count). The van der Waals surface area contributed by atoms with E-state index in [1.54, 1.807) is 25.3 Å². The molecule has 0 fully saturated rings. The predicted octanol–water partition coefficient (Wildman–Crippen LogP) is 3.93. The van der Waals surface area contributed by atoms with Gasteiger partial charge in [-0.15, -0.1) is 0 Å². The van der Waals surface area contributed by atoms with Crippen LogP contribution in [0.2, 0.25) is 10.0 Å². The monoisotopic (exact) mass is 409 g/mol. The van der Waals surface area contributed by atoms with E-state index in [2.05, 4.69) is 15.6 Å². The molecule has 0 heterocycles. The zero-order chi connectivity index (χ0) is 19.6. The quantitative estimate of drug-likeness (QED) is 0.456. The van der Waals surface area contributed by atoms with Crippen molar-refractivity contribution in [2.75, 3.05) is 20.2 Å². The molecule has 1 unspecified atom stereocenters. The minimum Gasteiger partial charge on any atom is -0.387 e. The number of benzene rings is 2. The average molecular weight is 410 g/mol. The zero-order valence-corrected chi connectivity index (χ0v) is 17.0. The van der Waals surface area contributed by atoms with Crippen LogP contribution < -0.4 is 10.6 Å². The molecule has 0 amide bonds. The summed E-state index contributed by atoms with van der Waals surface area (Å²) in [5.74, 6) is 0.622. The van der Waals surface area contributed by atoms with Crippen LogP contribution in [0.15, 0.2) is 47.5 Å². The third-order valence-electron chi connectivity index (χ3n) is 3.90. The molecule has 0 aliphatic heterocycles. The number of nitrogens with one attached hydrogen (secondary N) is 2. The van der Waals surface area contributed by atoms with E-state index in [1.165, 1.54) is 0 Å². The molecule has 3 N–H and O–H groups in total. The van der Waals surface area contributed by atoms with Crippen LogP contribution in [0.3, 0.4) is 0 Å². The van der Waals surface area contributed by atoms with Gasteiger partial charge in [-0.25, -0.2) is 4.99 Å². The average Bonchev–Trinajstić information content (AvgIpc) is 2.64. The lowest BCUT2D eigenvalue weighted by molar-refractivity contribution is 0.181. The molecule has 0 saturated heterocycles. The standard InChI is InChI=1S/C20H25Cl2N3O2/c1-3-23-20(24-11-14-6-4-5-7-15(14)13-27-2)25-12-19(26)16-8-17(21)10-18(22)9-16/h4-10,19,26H,3,11-13H2,1-2H3,(H2,23,24,25). The molecule has 5 nitrogen and oxygen atoms in total. The smallest absolute Gasteiger partial charge is 0.191 e. The first-order chi connectivity index (χ1) is 13.0. The summed E-state index contributed by atoms with van der Waals surface area (Å²) in [5.41, 5.74) is 2.85. The number of rotatable bonds is 8. The number of methoxy groups -OCH3 is 1. The van der Waals surface area contributed by atoms with E-state index in [4.69, 9.17) is 27.9 Å². The van der Waals surface area contributed by atoms with Crippen LogP contribution >= 0.6 is 23.2 Å². The summed E-state index contributed by atoms with van der Waals surface area (Å²) < 4.78 is 5.24. The number of hydrogen-bond donors (Lipinski definition) is 3. The summed E-state index contributed by atoms with van der Waals surface area (Å²) in [5, 5.41) is 17.7. The Balaban J connectivity index is 2.03. The third-order valence-corrected chi connectivity index (χ3v) is 4.34. The highest BCUT2D eigenvalue weighted by molar-refractivity contribution is 6.34. The van der Waals surface area contributed by atoms with Crippen LogP contribution in [0, 0.1) is 0 Å². The van der Waals surface area contributed by atoms with E-state index in [0.717, 1.165) is 11.1 Å². The minimum absolute atomic E-state index is 0.280. The maximum atomic E-state index is 10.4. The maximum Gasteiger partial charge on any atom is 0.191 e. The van der Waals surface area contributed by atoms with Gasteiger partial charge in [0.2, 0.25) is 0 Å². The van der Waals surface area contributed by atoms with Gasteiger partial charge in [0, 0.05) is 30.2 Å². The van der Waals surface area contributed by atoms with Gasteiger partial charge < -0.3 is 20.5 Å². The van der Waals surface area contributed by atoms with Crippen molar-refractivity contribution in [2.24, 2.45) is 4.99 Å². The van der Waals surface area contributed by atoms with Gasteiger partial charge in [-0.05, 0) is 41.8 Å². The number of aliphatic imine (C=N–C) groups is 1. The molecule has 0 saturated carbocycles. The third kappa shape index (κ3) is 7.03. The number of nitrogens with zero attached hydrogens (tertiary/aromatic N) is 1. The van der Waals surface area contributed by atoms with Gasteiger partial charge >= 0.3 is 0 Å². The molecule has 27 heavy (non-hydrogen) atoms. The van der Waals surface area contributed by atoms with Crippen molar-refractivity contribution < 1.29 is 9.84 Å². The van der Waals surface area contributed by atoms with Crippen molar-refractivity contribution in [1.82, 2.24) is 10.6 Å². The van der Waals surface area contributed by atoms with E-state index in [0.29, 0.717) is 41.3 Å². The Morgan fingerprint density at radius 3 is 2.41 bits per heavy atom. The van der Waals surface area contributed by atoms with Gasteiger partial charge in [0.25, 0.3) is 0 Å². The number of aliphatic hydroxyl groups is 1. The molecule has 2 aromatic rings. The fourth-order valence-electron chi connectivity index (χ4n) is 2.59. The minimum atomic E-state index is -0.758. The van der Waals surface area contributed by atoms with Crippen LogP contribution in [0.25, 0.3) is 0 Å². The van der Waals surface area contributed by atoms with Gasteiger partial charge in [0.05, 0.1) is 19.3 Å². The lowest BCUT2D eigenvalue weighted by Crippen LogP contribution is -2.39. The first kappa shape index (κ1) is 21.5.